The van der Waals surface area contributed by atoms with Crippen molar-refractivity contribution in [2.45, 2.75) is 24.8 Å². The Hall–Kier alpha value is -3.29. The predicted octanol–water partition coefficient (Wildman–Crippen LogP) is 3.04. The van der Waals surface area contributed by atoms with Crippen molar-refractivity contribution in [2.75, 3.05) is 20.2 Å². The van der Waals surface area contributed by atoms with Gasteiger partial charge < -0.3 is 25.2 Å². The molecule has 154 valence electrons. The average molecular weight is 402 g/mol. The molecule has 1 aliphatic heterocycles. The second kappa shape index (κ2) is 8.81. The van der Waals surface area contributed by atoms with Gasteiger partial charge in [-0.05, 0) is 48.1 Å². The second-order valence-electron chi connectivity index (χ2n) is 6.96. The summed E-state index contributed by atoms with van der Waals surface area (Å²) < 4.78 is 17.9. The van der Waals surface area contributed by atoms with E-state index in [1.165, 1.54) is 43.5 Å². The van der Waals surface area contributed by atoms with Crippen LogP contribution in [0.3, 0.4) is 0 Å². The number of nitrogens with zero attached hydrogens (tertiary/aromatic N) is 1. The van der Waals surface area contributed by atoms with E-state index in [2.05, 4.69) is 5.32 Å². The summed E-state index contributed by atoms with van der Waals surface area (Å²) >= 11 is 0. The molecule has 0 aromatic heterocycles. The lowest BCUT2D eigenvalue weighted by atomic mass is 9.89. The van der Waals surface area contributed by atoms with E-state index in [9.17, 15) is 24.2 Å². The van der Waals surface area contributed by atoms with Crippen LogP contribution in [0, 0.1) is 5.82 Å². The van der Waals surface area contributed by atoms with Crippen LogP contribution in [0.1, 0.15) is 35.9 Å². The van der Waals surface area contributed by atoms with Gasteiger partial charge >= 0.3 is 12.0 Å². The Balaban J connectivity index is 1.64. The molecule has 1 heterocycles. The third kappa shape index (κ3) is 4.77. The van der Waals surface area contributed by atoms with Crippen molar-refractivity contribution in [1.82, 2.24) is 10.2 Å². The van der Waals surface area contributed by atoms with Crippen molar-refractivity contribution in [1.29, 1.82) is 0 Å². The number of nitrogens with one attached hydrogen (secondary N) is 1. The standard InChI is InChI=1S/C21H23FN2O5/c1-29-20(27)19(14-2-4-15(22)5-3-14)23-21(28)24-10-8-13(9-11-24)17-7-6-16(25)12-18(17)26/h2-7,12-13,19,25-26H,8-11H2,1H3,(H,23,28)/t19-/m1/s1. The van der Waals surface area contributed by atoms with Gasteiger partial charge in [0.05, 0.1) is 7.11 Å². The molecule has 0 saturated carbocycles. The van der Waals surface area contributed by atoms with Crippen molar-refractivity contribution < 1.29 is 28.9 Å². The van der Waals surface area contributed by atoms with Crippen molar-refractivity contribution in [3.05, 3.63) is 59.4 Å². The monoisotopic (exact) mass is 402 g/mol. The molecule has 8 heteroatoms. The summed E-state index contributed by atoms with van der Waals surface area (Å²) in [4.78, 5) is 26.4. The molecule has 0 spiro atoms. The largest absolute Gasteiger partial charge is 0.508 e. The Kier molecular flexibility index (Phi) is 6.21. The molecule has 1 aliphatic rings. The normalized spacial score (nSPS) is 15.6. The SMILES string of the molecule is COC(=O)[C@H](NC(=O)N1CCC(c2ccc(O)cc2O)CC1)c1ccc(F)cc1. The average Bonchev–Trinajstić information content (AvgIpc) is 2.72. The number of aromatic hydroxyl groups is 2. The molecule has 2 aromatic rings. The molecule has 29 heavy (non-hydrogen) atoms. The molecule has 0 radical (unpaired) electrons. The van der Waals surface area contributed by atoms with Crippen LogP contribution in [0.15, 0.2) is 42.5 Å². The van der Waals surface area contributed by atoms with E-state index in [0.29, 0.717) is 31.5 Å². The van der Waals surface area contributed by atoms with Crippen LogP contribution >= 0.6 is 0 Å². The highest BCUT2D eigenvalue weighted by Crippen LogP contribution is 2.35. The number of phenolic OH excluding ortho intramolecular Hbond substituents is 2. The molecular formula is C21H23FN2O5. The number of benzene rings is 2. The van der Waals surface area contributed by atoms with Crippen LogP contribution in [0.2, 0.25) is 0 Å². The van der Waals surface area contributed by atoms with E-state index >= 15 is 0 Å². The zero-order valence-electron chi connectivity index (χ0n) is 16.0. The summed E-state index contributed by atoms with van der Waals surface area (Å²) in [5, 5.41) is 22.1. The molecule has 1 fully saturated rings. The Morgan fingerprint density at radius 3 is 2.38 bits per heavy atom. The smallest absolute Gasteiger partial charge is 0.333 e. The number of ether oxygens (including phenoxy) is 1. The number of methoxy groups -OCH3 is 1. The summed E-state index contributed by atoms with van der Waals surface area (Å²) in [6.45, 7) is 0.877. The number of esters is 1. The number of phenols is 2. The Bertz CT molecular complexity index is 879. The van der Waals surface area contributed by atoms with Crippen LogP contribution in [0.4, 0.5) is 9.18 Å². The van der Waals surface area contributed by atoms with E-state index in [4.69, 9.17) is 4.74 Å². The summed E-state index contributed by atoms with van der Waals surface area (Å²) in [5.74, 6) is -0.988. The number of piperidine rings is 1. The minimum absolute atomic E-state index is 0.00212. The zero-order valence-corrected chi connectivity index (χ0v) is 16.0. The van der Waals surface area contributed by atoms with E-state index < -0.39 is 23.9 Å². The number of halogens is 1. The first-order chi connectivity index (χ1) is 13.9. The number of amides is 2. The molecule has 3 N–H and O–H groups in total. The highest BCUT2D eigenvalue weighted by Gasteiger charge is 2.29. The zero-order chi connectivity index (χ0) is 21.0. The number of carbonyl (C=O) groups excluding carboxylic acids is 2. The molecule has 2 amide bonds. The van der Waals surface area contributed by atoms with E-state index in [-0.39, 0.29) is 17.4 Å². The fourth-order valence-electron chi connectivity index (χ4n) is 3.54. The van der Waals surface area contributed by atoms with Gasteiger partial charge in [0.25, 0.3) is 0 Å². The quantitative estimate of drug-likeness (QED) is 0.683. The van der Waals surface area contributed by atoms with Gasteiger partial charge in [0.15, 0.2) is 6.04 Å². The van der Waals surface area contributed by atoms with Crippen LogP contribution in [0.25, 0.3) is 0 Å². The number of carbonyl (C=O) groups is 2. The maximum atomic E-state index is 13.2. The van der Waals surface area contributed by atoms with Gasteiger partial charge in [-0.1, -0.05) is 18.2 Å². The molecular weight excluding hydrogens is 379 g/mol. The summed E-state index contributed by atoms with van der Waals surface area (Å²) in [7, 11) is 1.22. The van der Waals surface area contributed by atoms with Gasteiger partial charge in [0.1, 0.15) is 17.3 Å². The maximum Gasteiger partial charge on any atom is 0.333 e. The minimum Gasteiger partial charge on any atom is -0.508 e. The van der Waals surface area contributed by atoms with Crippen molar-refractivity contribution >= 4 is 12.0 Å². The van der Waals surface area contributed by atoms with Crippen LogP contribution in [-0.4, -0.2) is 47.3 Å². The lowest BCUT2D eigenvalue weighted by Crippen LogP contribution is -2.47. The maximum absolute atomic E-state index is 13.2. The fourth-order valence-corrected chi connectivity index (χ4v) is 3.54. The van der Waals surface area contributed by atoms with Crippen LogP contribution in [0.5, 0.6) is 11.5 Å². The number of hydrogen-bond donors (Lipinski definition) is 3. The van der Waals surface area contributed by atoms with Crippen molar-refractivity contribution in [2.24, 2.45) is 0 Å². The number of likely N-dealkylation sites (tertiary alicyclic amines) is 1. The van der Waals surface area contributed by atoms with Gasteiger partial charge in [-0.2, -0.15) is 0 Å². The summed E-state index contributed by atoms with van der Waals surface area (Å²) in [6.07, 6.45) is 1.26. The molecule has 0 unspecified atom stereocenters. The first kappa shape index (κ1) is 20.4. The number of hydrogen-bond acceptors (Lipinski definition) is 5. The van der Waals surface area contributed by atoms with E-state index in [1.54, 1.807) is 11.0 Å². The number of rotatable bonds is 4. The molecule has 2 aromatic carbocycles. The molecule has 0 aliphatic carbocycles. The van der Waals surface area contributed by atoms with Gasteiger partial charge in [-0.3, -0.25) is 0 Å². The van der Waals surface area contributed by atoms with Crippen LogP contribution < -0.4 is 5.32 Å². The second-order valence-corrected chi connectivity index (χ2v) is 6.96. The van der Waals surface area contributed by atoms with E-state index in [1.807, 2.05) is 0 Å². The highest BCUT2D eigenvalue weighted by atomic mass is 19.1. The summed E-state index contributed by atoms with van der Waals surface area (Å²) in [5.41, 5.74) is 1.16. The molecule has 0 bridgehead atoms. The third-order valence-corrected chi connectivity index (χ3v) is 5.14. The Morgan fingerprint density at radius 1 is 1.14 bits per heavy atom. The highest BCUT2D eigenvalue weighted by molar-refractivity contribution is 5.84. The van der Waals surface area contributed by atoms with Crippen molar-refractivity contribution in [3.8, 4) is 11.5 Å². The van der Waals surface area contributed by atoms with Gasteiger partial charge in [-0.15, -0.1) is 0 Å². The first-order valence-corrected chi connectivity index (χ1v) is 9.29. The summed E-state index contributed by atoms with van der Waals surface area (Å²) in [6, 6.07) is 8.35. The fraction of sp³-hybridized carbons (Fsp3) is 0.333. The van der Waals surface area contributed by atoms with Gasteiger partial charge in [0.2, 0.25) is 0 Å². The lowest BCUT2D eigenvalue weighted by Gasteiger charge is -2.33. The van der Waals surface area contributed by atoms with Gasteiger partial charge in [-0.25, -0.2) is 14.0 Å². The van der Waals surface area contributed by atoms with Gasteiger partial charge in [0, 0.05) is 19.2 Å². The van der Waals surface area contributed by atoms with E-state index in [0.717, 1.165) is 5.56 Å². The minimum atomic E-state index is -1.04. The van der Waals surface area contributed by atoms with Crippen molar-refractivity contribution in [3.63, 3.8) is 0 Å². The Morgan fingerprint density at radius 2 is 1.79 bits per heavy atom. The predicted molar refractivity (Wildman–Crippen MR) is 103 cm³/mol. The molecule has 7 nitrogen and oxygen atoms in total. The molecule has 1 atom stereocenters. The topological polar surface area (TPSA) is 99.1 Å². The van der Waals surface area contributed by atoms with Crippen LogP contribution in [-0.2, 0) is 9.53 Å². The third-order valence-electron chi connectivity index (χ3n) is 5.14. The lowest BCUT2D eigenvalue weighted by molar-refractivity contribution is -0.143. The first-order valence-electron chi connectivity index (χ1n) is 9.29. The Labute approximate surface area is 167 Å². The number of urea groups is 1. The molecule has 1 saturated heterocycles. The molecule has 3 rings (SSSR count).